The maximum atomic E-state index is 15.4. The number of carbonyl (C=O) groups is 15. The van der Waals surface area contributed by atoms with Crippen molar-refractivity contribution in [2.24, 2.45) is 86.3 Å². The summed E-state index contributed by atoms with van der Waals surface area (Å²) in [6.45, 7) is -20.8. The number of hydrogen-bond donors (Lipinski definition) is 16. The highest BCUT2D eigenvalue weighted by molar-refractivity contribution is 5.87. The Morgan fingerprint density at radius 2 is 0.292 bits per heavy atom. The van der Waals surface area contributed by atoms with Gasteiger partial charge in [-0.2, -0.15) is 0 Å². The molecule has 0 aromatic rings. The van der Waals surface area contributed by atoms with Gasteiger partial charge in [0.2, 0.25) is 0 Å². The summed E-state index contributed by atoms with van der Waals surface area (Å²) in [7, 11) is 0. The molecule has 0 fully saturated rings. The van der Waals surface area contributed by atoms with Gasteiger partial charge in [-0.15, -0.1) is 0 Å². The highest BCUT2D eigenvalue weighted by Crippen LogP contribution is 2.37. The molecule has 0 saturated carbocycles. The summed E-state index contributed by atoms with van der Waals surface area (Å²) in [5.74, 6) is -22.3. The molecule has 0 rings (SSSR count). The first kappa shape index (κ1) is 121. The van der Waals surface area contributed by atoms with Gasteiger partial charge in [0.1, 0.15) is 174 Å². The minimum absolute atomic E-state index is 0.0358. The van der Waals surface area contributed by atoms with Crippen LogP contribution in [0.2, 0.25) is 0 Å². The maximum Gasteiger partial charge on any atom is 0.318 e. The topological polar surface area (TPSA) is 767 Å². The van der Waals surface area contributed by atoms with E-state index in [2.05, 4.69) is 10.0 Å². The number of hydrogen-bond acceptors (Lipinski definition) is 47. The summed E-state index contributed by atoms with van der Waals surface area (Å²) in [5.41, 5.74) is -26.0. The number of ether oxygens (including phenoxy) is 15. The van der Waals surface area contributed by atoms with Crippen LogP contribution in [0, 0.1) is 81.2 Å². The summed E-state index contributed by atoms with van der Waals surface area (Å²) in [4.78, 5) is 215. The van der Waals surface area contributed by atoms with Crippen molar-refractivity contribution in [3.8, 4) is 0 Å². The van der Waals surface area contributed by atoms with E-state index in [1.54, 1.807) is 0 Å². The average molecular weight is 1880 g/mol. The summed E-state index contributed by atoms with van der Waals surface area (Å²) in [6, 6.07) is 0. The molecule has 0 atom stereocenters. The van der Waals surface area contributed by atoms with E-state index in [0.717, 1.165) is 104 Å². The number of nitrogens with zero attached hydrogens (tertiary/aromatic N) is 3. The highest BCUT2D eigenvalue weighted by atomic mass is 16.6. The lowest BCUT2D eigenvalue weighted by molar-refractivity contribution is -0.189. The van der Waals surface area contributed by atoms with Gasteiger partial charge in [0.15, 0.2) is 0 Å². The van der Waals surface area contributed by atoms with E-state index >= 15 is 9.59 Å². The average Bonchev–Trinajstić information content (AvgIpc) is 0.808. The van der Waals surface area contributed by atoms with E-state index in [1.807, 2.05) is 0 Å². The quantitative estimate of drug-likeness (QED) is 0.00677. The maximum absolute atomic E-state index is 15.4. The number of aliphatic hydroxyl groups is 16. The molecule has 0 saturated heterocycles. The van der Waals surface area contributed by atoms with Crippen LogP contribution < -0.4 is 0 Å². The number of rotatable bonds is 66. The highest BCUT2D eigenvalue weighted by Gasteiger charge is 2.54. The Morgan fingerprint density at radius 1 is 0.185 bits per heavy atom. The van der Waals surface area contributed by atoms with Crippen LogP contribution in [0.1, 0.15) is 130 Å². The summed E-state index contributed by atoms with van der Waals surface area (Å²) in [6.07, 6.45) is 1.03. The van der Waals surface area contributed by atoms with Gasteiger partial charge in [-0.05, 0) is 122 Å². The van der Waals surface area contributed by atoms with Crippen molar-refractivity contribution in [3.05, 3.63) is 10.4 Å². The second-order valence-electron chi connectivity index (χ2n) is 36.5. The van der Waals surface area contributed by atoms with Gasteiger partial charge in [-0.3, -0.25) is 71.9 Å². The zero-order valence-electron chi connectivity index (χ0n) is 76.2. The van der Waals surface area contributed by atoms with Crippen molar-refractivity contribution in [2.45, 2.75) is 130 Å². The van der Waals surface area contributed by atoms with Crippen LogP contribution in [-0.2, 0) is 143 Å². The van der Waals surface area contributed by atoms with Gasteiger partial charge in [-0.25, -0.2) is 0 Å². The summed E-state index contributed by atoms with van der Waals surface area (Å²) < 4.78 is 82.6. The lowest BCUT2D eigenvalue weighted by Gasteiger charge is -2.35. The smallest absolute Gasteiger partial charge is 0.318 e. The molecule has 0 unspecified atom stereocenters. The van der Waals surface area contributed by atoms with Crippen molar-refractivity contribution in [1.29, 1.82) is 0 Å². The zero-order chi connectivity index (χ0) is 101. The normalized spacial score (nSPS) is 12.9. The molecule has 0 aromatic carbocycles. The number of unbranched alkanes of at least 4 members (excludes halogenated alkanes) is 3. The van der Waals surface area contributed by atoms with E-state index < -0.39 is 376 Å². The third-order valence-corrected chi connectivity index (χ3v) is 21.7. The fraction of sp³-hybridized carbons (Fsp3) is 0.815. The Bertz CT molecular complexity index is 3250. The molecule has 0 aromatic heterocycles. The van der Waals surface area contributed by atoms with Gasteiger partial charge < -0.3 is 153 Å². The fourth-order valence-electron chi connectivity index (χ4n) is 9.16. The molecule has 130 heavy (non-hydrogen) atoms. The van der Waals surface area contributed by atoms with Crippen LogP contribution in [0.5, 0.6) is 0 Å². The van der Waals surface area contributed by atoms with Crippen molar-refractivity contribution < 1.29 is 225 Å². The number of azide groups is 1. The van der Waals surface area contributed by atoms with E-state index in [0.29, 0.717) is 12.8 Å². The molecule has 16 N–H and O–H groups in total. The summed E-state index contributed by atoms with van der Waals surface area (Å²) >= 11 is 0. The van der Waals surface area contributed by atoms with Crippen LogP contribution in [-0.4, -0.2) is 383 Å². The third-order valence-electron chi connectivity index (χ3n) is 21.7. The molecule has 0 aliphatic heterocycles. The number of esters is 15. The standard InChI is InChI=1S/C81H133N3O46/c1-67(22-85,23-86)52(101)117-40-76(10,41-118-53(102)68(2,24-87)25-88)61(110)127-48-80(14,49-128-62(111)77(11,42-119-54(103)69(3,26-89)27-90)43-120-55(104)70(4,28-91)29-92)65(114)125-38-75(9,60(109)116-21-19-17-16-18-20-83-84-82)39-126-66(115)81(15,50-129-63(112)78(12,44-121-56(105)71(5,30-93)31-94)45-122-57(106)72(6,32-95)33-96)51-130-64(113)79(13,46-123-58(107)73(7,34-97)35-98)47-124-59(108)74(8,36-99)37-100/h85-100H,16-51H2,1-15H3. The number of carbonyl (C=O) groups excluding carboxylic acids is 15. The Hall–Kier alpha value is -9.28. The molecule has 0 bridgehead atoms. The van der Waals surface area contributed by atoms with E-state index in [4.69, 9.17) is 76.6 Å². The molecule has 0 amide bonds. The molecule has 0 spiro atoms. The van der Waals surface area contributed by atoms with Crippen LogP contribution in [0.15, 0.2) is 5.11 Å². The molecule has 0 aliphatic rings. The Balaban J connectivity index is 9.32. The molecule has 49 nitrogen and oxygen atoms in total. The first-order chi connectivity index (χ1) is 60.2. The molecule has 49 heteroatoms. The van der Waals surface area contributed by atoms with Gasteiger partial charge in [-0.1, -0.05) is 18.0 Å². The third kappa shape index (κ3) is 33.2. The molecule has 748 valence electrons. The second-order valence-corrected chi connectivity index (χ2v) is 36.5. The minimum Gasteiger partial charge on any atom is -0.465 e. The molecule has 0 aliphatic carbocycles. The van der Waals surface area contributed by atoms with Gasteiger partial charge in [0, 0.05) is 11.5 Å². The molecule has 0 heterocycles. The predicted octanol–water partition coefficient (Wildman–Crippen LogP) is -5.02. The van der Waals surface area contributed by atoms with Crippen LogP contribution in [0.3, 0.4) is 0 Å². The lowest BCUT2D eigenvalue weighted by Crippen LogP contribution is -2.50. The Morgan fingerprint density at radius 3 is 0.408 bits per heavy atom. The van der Waals surface area contributed by atoms with Crippen molar-refractivity contribution in [3.63, 3.8) is 0 Å². The van der Waals surface area contributed by atoms with E-state index in [9.17, 15) is 144 Å². The lowest BCUT2D eigenvalue weighted by atomic mass is 9.89. The molecular formula is C81H133N3O46. The van der Waals surface area contributed by atoms with Crippen molar-refractivity contribution >= 4 is 89.5 Å². The number of aliphatic hydroxyl groups excluding tert-OH is 16. The van der Waals surface area contributed by atoms with Crippen LogP contribution in [0.25, 0.3) is 10.4 Å². The monoisotopic (exact) mass is 1880 g/mol. The Labute approximate surface area is 749 Å². The fourth-order valence-corrected chi connectivity index (χ4v) is 9.16. The van der Waals surface area contributed by atoms with Gasteiger partial charge in [0.25, 0.3) is 0 Å². The molecular weight excluding hydrogens is 1750 g/mol. The summed E-state index contributed by atoms with van der Waals surface area (Å²) in [5, 5.41) is 164. The first-order valence-electron chi connectivity index (χ1n) is 40.6. The van der Waals surface area contributed by atoms with E-state index in [-0.39, 0.29) is 19.4 Å². The van der Waals surface area contributed by atoms with Crippen molar-refractivity contribution in [2.75, 3.05) is 211 Å². The molecule has 0 radical (unpaired) electrons. The van der Waals surface area contributed by atoms with Crippen molar-refractivity contribution in [1.82, 2.24) is 0 Å². The SMILES string of the molecule is CC(CO)(CO)C(=O)OCC(C)(COC(=O)C(C)(CO)CO)C(=O)OCC(C)(COC(=O)C(C)(COC(=O)C(C)(CO)CO)COC(=O)C(C)(CO)CO)C(=O)OCC(C)(COC(=O)C(C)(COC(=O)C(C)(COC(=O)C(C)(CO)CO)COC(=O)C(C)(CO)CO)COC(=O)C(C)(COC(=O)C(C)(CO)CO)COC(=O)C(C)(CO)CO)C(=O)OCCCCCCN=[N+]=[N-]. The first-order valence-corrected chi connectivity index (χ1v) is 40.6. The minimum atomic E-state index is -2.77. The van der Waals surface area contributed by atoms with Gasteiger partial charge >= 0.3 is 89.5 Å². The zero-order valence-corrected chi connectivity index (χ0v) is 76.2. The van der Waals surface area contributed by atoms with Crippen LogP contribution >= 0.6 is 0 Å². The van der Waals surface area contributed by atoms with Gasteiger partial charge in [0.05, 0.1) is 112 Å². The van der Waals surface area contributed by atoms with Crippen LogP contribution in [0.4, 0.5) is 0 Å². The Kier molecular flexibility index (Phi) is 49.1. The second kappa shape index (κ2) is 52.8. The van der Waals surface area contributed by atoms with E-state index in [1.165, 1.54) is 0 Å². The largest absolute Gasteiger partial charge is 0.465 e. The predicted molar refractivity (Wildman–Crippen MR) is 432 cm³/mol.